The SMILES string of the molecule is CCCC[C@@H](Sc1nc(N)c(NC(=O)c2ccccc2)c(=O)[nH]1)C(=O)[O-]. The molecule has 0 saturated heterocycles. The number of carboxylic acids is 1. The predicted octanol–water partition coefficient (Wildman–Crippen LogP) is 1.01. The van der Waals surface area contributed by atoms with Gasteiger partial charge < -0.3 is 21.0 Å². The molecule has 0 saturated carbocycles. The molecular weight excluding hydrogens is 356 g/mol. The standard InChI is InChI=1S/C17H20N4O4S/c1-2-3-9-11(16(24)25)26-17-20-13(18)12(15(23)21-17)19-14(22)10-7-5-4-6-8-10/h4-8,11H,2-3,9H2,1H3,(H,19,22)(H,24,25)(H3,18,20,21,23)/p-1/t11-/m1/s1. The van der Waals surface area contributed by atoms with E-state index in [-0.39, 0.29) is 16.7 Å². The Balaban J connectivity index is 2.18. The summed E-state index contributed by atoms with van der Waals surface area (Å²) in [5, 5.41) is 12.9. The number of thioether (sulfide) groups is 1. The molecule has 1 aromatic heterocycles. The number of amides is 1. The number of nitrogen functional groups attached to an aromatic ring is 1. The van der Waals surface area contributed by atoms with Gasteiger partial charge in [-0.05, 0) is 18.6 Å². The topological polar surface area (TPSA) is 141 Å². The number of benzene rings is 1. The van der Waals surface area contributed by atoms with Crippen molar-refractivity contribution in [3.63, 3.8) is 0 Å². The number of anilines is 2. The summed E-state index contributed by atoms with van der Waals surface area (Å²) < 4.78 is 0. The Morgan fingerprint density at radius 3 is 2.62 bits per heavy atom. The average Bonchev–Trinajstić information content (AvgIpc) is 2.62. The van der Waals surface area contributed by atoms with Crippen LogP contribution in [0, 0.1) is 0 Å². The molecule has 1 aromatic carbocycles. The molecule has 0 aliphatic heterocycles. The minimum Gasteiger partial charge on any atom is -0.549 e. The molecule has 0 unspecified atom stereocenters. The first-order valence-electron chi connectivity index (χ1n) is 8.06. The van der Waals surface area contributed by atoms with E-state index < -0.39 is 22.7 Å². The van der Waals surface area contributed by atoms with Crippen molar-refractivity contribution in [1.29, 1.82) is 0 Å². The molecule has 9 heteroatoms. The van der Waals surface area contributed by atoms with Gasteiger partial charge in [-0.15, -0.1) is 0 Å². The molecule has 2 aromatic rings. The quantitative estimate of drug-likeness (QED) is 0.462. The van der Waals surface area contributed by atoms with Crippen molar-refractivity contribution in [1.82, 2.24) is 9.97 Å². The van der Waals surface area contributed by atoms with Crippen LogP contribution in [0.1, 0.15) is 36.5 Å². The lowest BCUT2D eigenvalue weighted by Gasteiger charge is -2.17. The molecule has 1 heterocycles. The van der Waals surface area contributed by atoms with E-state index in [1.165, 1.54) is 0 Å². The molecule has 0 bridgehead atoms. The summed E-state index contributed by atoms with van der Waals surface area (Å²) in [5.74, 6) is -1.92. The van der Waals surface area contributed by atoms with E-state index in [2.05, 4.69) is 15.3 Å². The molecule has 0 radical (unpaired) electrons. The van der Waals surface area contributed by atoms with Crippen molar-refractivity contribution < 1.29 is 14.7 Å². The van der Waals surface area contributed by atoms with Gasteiger partial charge in [-0.25, -0.2) is 4.98 Å². The number of nitrogens with one attached hydrogen (secondary N) is 2. The van der Waals surface area contributed by atoms with Crippen LogP contribution in [0.25, 0.3) is 0 Å². The van der Waals surface area contributed by atoms with Crippen LogP contribution in [0.3, 0.4) is 0 Å². The molecule has 138 valence electrons. The monoisotopic (exact) mass is 375 g/mol. The number of aromatic amines is 1. The van der Waals surface area contributed by atoms with Crippen molar-refractivity contribution >= 4 is 35.1 Å². The minimum absolute atomic E-state index is 0.0653. The first-order valence-corrected chi connectivity index (χ1v) is 8.94. The van der Waals surface area contributed by atoms with Gasteiger partial charge in [-0.3, -0.25) is 14.6 Å². The van der Waals surface area contributed by atoms with Gasteiger partial charge >= 0.3 is 0 Å². The van der Waals surface area contributed by atoms with Crippen LogP contribution in [-0.4, -0.2) is 27.1 Å². The van der Waals surface area contributed by atoms with E-state index in [0.29, 0.717) is 18.4 Å². The number of nitrogens with zero attached hydrogens (tertiary/aromatic N) is 1. The zero-order chi connectivity index (χ0) is 19.1. The molecule has 0 aliphatic rings. The number of nitrogens with two attached hydrogens (primary N) is 1. The Morgan fingerprint density at radius 2 is 2.04 bits per heavy atom. The summed E-state index contributed by atoms with van der Waals surface area (Å²) in [6, 6.07) is 8.33. The Hall–Kier alpha value is -2.81. The van der Waals surface area contributed by atoms with Crippen LogP contribution >= 0.6 is 11.8 Å². The average molecular weight is 375 g/mol. The van der Waals surface area contributed by atoms with E-state index in [0.717, 1.165) is 18.2 Å². The maximum atomic E-state index is 12.2. The lowest BCUT2D eigenvalue weighted by atomic mass is 10.2. The summed E-state index contributed by atoms with van der Waals surface area (Å²) in [6.45, 7) is 1.94. The normalized spacial score (nSPS) is 11.7. The predicted molar refractivity (Wildman–Crippen MR) is 97.8 cm³/mol. The second-order valence-corrected chi connectivity index (χ2v) is 6.71. The highest BCUT2D eigenvalue weighted by molar-refractivity contribution is 8.00. The second-order valence-electron chi connectivity index (χ2n) is 5.52. The second kappa shape index (κ2) is 9.04. The highest BCUT2D eigenvalue weighted by Gasteiger charge is 2.17. The first-order chi connectivity index (χ1) is 12.4. The van der Waals surface area contributed by atoms with Gasteiger partial charge in [0.25, 0.3) is 11.5 Å². The van der Waals surface area contributed by atoms with Gasteiger partial charge in [0.05, 0.1) is 11.2 Å². The van der Waals surface area contributed by atoms with Crippen molar-refractivity contribution in [3.8, 4) is 0 Å². The molecule has 1 amide bonds. The number of hydrogen-bond donors (Lipinski definition) is 3. The van der Waals surface area contributed by atoms with Crippen molar-refractivity contribution in [3.05, 3.63) is 46.2 Å². The molecule has 0 spiro atoms. The Bertz CT molecular complexity index is 838. The largest absolute Gasteiger partial charge is 0.549 e. The van der Waals surface area contributed by atoms with Crippen LogP contribution in [0.4, 0.5) is 11.5 Å². The van der Waals surface area contributed by atoms with Crippen molar-refractivity contribution in [2.75, 3.05) is 11.1 Å². The number of rotatable bonds is 8. The maximum Gasteiger partial charge on any atom is 0.277 e. The zero-order valence-electron chi connectivity index (χ0n) is 14.2. The summed E-state index contributed by atoms with van der Waals surface area (Å²) in [5.41, 5.74) is 5.31. The van der Waals surface area contributed by atoms with E-state index in [9.17, 15) is 19.5 Å². The number of H-pyrrole nitrogens is 1. The Morgan fingerprint density at radius 1 is 1.35 bits per heavy atom. The molecular formula is C17H19N4O4S-. The van der Waals surface area contributed by atoms with Gasteiger partial charge in [-0.2, -0.15) is 0 Å². The fourth-order valence-electron chi connectivity index (χ4n) is 2.17. The number of carbonyl (C=O) groups is 2. The first kappa shape index (κ1) is 19.5. The summed E-state index contributed by atoms with van der Waals surface area (Å²) >= 11 is 0.868. The third kappa shape index (κ3) is 5.09. The van der Waals surface area contributed by atoms with Crippen molar-refractivity contribution in [2.24, 2.45) is 0 Å². The maximum absolute atomic E-state index is 12.2. The number of aromatic nitrogens is 2. The van der Waals surface area contributed by atoms with Crippen molar-refractivity contribution in [2.45, 2.75) is 36.6 Å². The number of carboxylic acid groups (broad SMARTS) is 1. The molecule has 26 heavy (non-hydrogen) atoms. The summed E-state index contributed by atoms with van der Waals surface area (Å²) in [4.78, 5) is 42.0. The highest BCUT2D eigenvalue weighted by atomic mass is 32.2. The van der Waals surface area contributed by atoms with Crippen LogP contribution in [0.15, 0.2) is 40.3 Å². The summed E-state index contributed by atoms with van der Waals surface area (Å²) in [6.07, 6.45) is 1.93. The minimum atomic E-state index is -1.23. The number of unbranched alkanes of at least 4 members (excludes halogenated alkanes) is 1. The molecule has 8 nitrogen and oxygen atoms in total. The highest BCUT2D eigenvalue weighted by Crippen LogP contribution is 2.24. The number of hydrogen-bond acceptors (Lipinski definition) is 7. The van der Waals surface area contributed by atoms with Gasteiger partial charge in [0.2, 0.25) is 0 Å². The lowest BCUT2D eigenvalue weighted by molar-refractivity contribution is -0.304. The van der Waals surface area contributed by atoms with E-state index in [1.807, 2.05) is 6.92 Å². The van der Waals surface area contributed by atoms with Crippen LogP contribution < -0.4 is 21.7 Å². The van der Waals surface area contributed by atoms with Crippen LogP contribution in [0.5, 0.6) is 0 Å². The summed E-state index contributed by atoms with van der Waals surface area (Å²) in [7, 11) is 0. The zero-order valence-corrected chi connectivity index (χ0v) is 15.0. The number of aliphatic carboxylic acids is 1. The van der Waals surface area contributed by atoms with Crippen LogP contribution in [0.2, 0.25) is 0 Å². The Labute approximate surface area is 154 Å². The van der Waals surface area contributed by atoms with E-state index in [1.54, 1.807) is 30.3 Å². The molecule has 0 fully saturated rings. The fourth-order valence-corrected chi connectivity index (χ4v) is 3.12. The molecule has 2 rings (SSSR count). The van der Waals surface area contributed by atoms with Gasteiger partial charge in [0.15, 0.2) is 11.0 Å². The third-order valence-electron chi connectivity index (χ3n) is 3.54. The molecule has 1 atom stereocenters. The molecule has 0 aliphatic carbocycles. The third-order valence-corrected chi connectivity index (χ3v) is 4.67. The van der Waals surface area contributed by atoms with Gasteiger partial charge in [-0.1, -0.05) is 49.7 Å². The fraction of sp³-hybridized carbons (Fsp3) is 0.294. The van der Waals surface area contributed by atoms with Gasteiger partial charge in [0.1, 0.15) is 5.69 Å². The van der Waals surface area contributed by atoms with Crippen LogP contribution in [-0.2, 0) is 4.79 Å². The smallest absolute Gasteiger partial charge is 0.277 e. The van der Waals surface area contributed by atoms with E-state index in [4.69, 9.17) is 5.73 Å². The van der Waals surface area contributed by atoms with Gasteiger partial charge in [0, 0.05) is 5.56 Å². The number of carbonyl (C=O) groups excluding carboxylic acids is 2. The lowest BCUT2D eigenvalue weighted by Crippen LogP contribution is -2.34. The molecule has 4 N–H and O–H groups in total. The van der Waals surface area contributed by atoms with E-state index >= 15 is 0 Å². The Kier molecular flexibility index (Phi) is 6.79.